The predicted molar refractivity (Wildman–Crippen MR) is 145 cm³/mol. The molecule has 4 rings (SSSR count). The zero-order valence-electron chi connectivity index (χ0n) is 22.6. The van der Waals surface area contributed by atoms with Crippen molar-refractivity contribution >= 4 is 23.4 Å². The largest absolute Gasteiger partial charge is 0.496 e. The van der Waals surface area contributed by atoms with E-state index in [1.54, 1.807) is 50.3 Å². The summed E-state index contributed by atoms with van der Waals surface area (Å²) >= 11 is 0. The highest BCUT2D eigenvalue weighted by molar-refractivity contribution is 6.08. The fourth-order valence-corrected chi connectivity index (χ4v) is 4.46. The van der Waals surface area contributed by atoms with Gasteiger partial charge in [-0.1, -0.05) is 12.1 Å². The van der Waals surface area contributed by atoms with Crippen molar-refractivity contribution in [3.05, 3.63) is 65.5 Å². The maximum atomic E-state index is 14.0. The first-order valence-electron chi connectivity index (χ1n) is 12.1. The second-order valence-electron chi connectivity index (χ2n) is 9.92. The average molecular weight is 522 g/mol. The summed E-state index contributed by atoms with van der Waals surface area (Å²) in [5, 5.41) is 3.32. The van der Waals surface area contributed by atoms with E-state index < -0.39 is 17.4 Å². The van der Waals surface area contributed by atoms with Crippen LogP contribution >= 0.6 is 0 Å². The molecule has 0 fully saturated rings. The van der Waals surface area contributed by atoms with Gasteiger partial charge in [0.15, 0.2) is 0 Å². The molecule has 0 spiro atoms. The summed E-state index contributed by atoms with van der Waals surface area (Å²) in [7, 11) is 6.45. The number of hydrogen-bond acceptors (Lipinski definition) is 6. The molecule has 0 bridgehead atoms. The van der Waals surface area contributed by atoms with Crippen molar-refractivity contribution in [2.24, 2.45) is 0 Å². The molecule has 3 aromatic rings. The van der Waals surface area contributed by atoms with Crippen LogP contribution in [0, 0.1) is 12.7 Å². The second kappa shape index (κ2) is 10.2. The molecule has 3 aromatic carbocycles. The number of nitrogens with zero attached hydrogens (tertiary/aromatic N) is 2. The number of carbonyl (C=O) groups is 2. The van der Waals surface area contributed by atoms with Crippen molar-refractivity contribution in [1.82, 2.24) is 4.90 Å². The van der Waals surface area contributed by atoms with E-state index >= 15 is 0 Å². The van der Waals surface area contributed by atoms with E-state index in [4.69, 9.17) is 14.2 Å². The highest BCUT2D eigenvalue weighted by Gasteiger charge is 2.38. The third kappa shape index (κ3) is 5.09. The number of methoxy groups -OCH3 is 1. The Morgan fingerprint density at radius 3 is 2.45 bits per heavy atom. The summed E-state index contributed by atoms with van der Waals surface area (Å²) in [6.45, 7) is 5.55. The smallest absolute Gasteiger partial charge is 0.414 e. The number of likely N-dealkylation sites (N-methyl/N-ethyl adjacent to an activating group) is 1. The number of fused-ring (bicyclic) bond motifs is 1. The van der Waals surface area contributed by atoms with Crippen LogP contribution < -0.4 is 24.4 Å². The molecule has 9 heteroatoms. The SMILES string of the molecule is COc1cc(OC(=O)N(C)C)ccc1-c1ccc2c(c1COc1cc(F)ccc1C)N(C)C(=O)C(C)(C)N2. The molecule has 0 saturated heterocycles. The molecule has 1 heterocycles. The molecule has 1 aliphatic heterocycles. The Morgan fingerprint density at radius 2 is 1.76 bits per heavy atom. The zero-order chi connectivity index (χ0) is 27.8. The van der Waals surface area contributed by atoms with Gasteiger partial charge in [0.25, 0.3) is 5.91 Å². The highest BCUT2D eigenvalue weighted by atomic mass is 19.1. The van der Waals surface area contributed by atoms with Gasteiger partial charge >= 0.3 is 6.09 Å². The average Bonchev–Trinajstić information content (AvgIpc) is 2.87. The maximum Gasteiger partial charge on any atom is 0.414 e. The van der Waals surface area contributed by atoms with Gasteiger partial charge in [-0.25, -0.2) is 9.18 Å². The van der Waals surface area contributed by atoms with E-state index in [1.165, 1.54) is 24.1 Å². The quantitative estimate of drug-likeness (QED) is 0.454. The second-order valence-corrected chi connectivity index (χ2v) is 9.92. The molecule has 2 amide bonds. The molecule has 0 radical (unpaired) electrons. The molecular weight excluding hydrogens is 489 g/mol. The van der Waals surface area contributed by atoms with Gasteiger partial charge in [-0.2, -0.15) is 0 Å². The summed E-state index contributed by atoms with van der Waals surface area (Å²) in [5.41, 5.74) is 3.59. The Hall–Kier alpha value is -4.27. The lowest BCUT2D eigenvalue weighted by Crippen LogP contribution is -2.52. The van der Waals surface area contributed by atoms with E-state index in [9.17, 15) is 14.0 Å². The number of benzene rings is 3. The van der Waals surface area contributed by atoms with Gasteiger partial charge < -0.3 is 29.3 Å². The molecule has 1 N–H and O–H groups in total. The zero-order valence-corrected chi connectivity index (χ0v) is 22.6. The van der Waals surface area contributed by atoms with Crippen molar-refractivity contribution in [3.8, 4) is 28.4 Å². The van der Waals surface area contributed by atoms with Crippen molar-refractivity contribution in [2.75, 3.05) is 38.5 Å². The Kier molecular flexibility index (Phi) is 7.22. The van der Waals surface area contributed by atoms with E-state index in [1.807, 2.05) is 32.9 Å². The number of amides is 2. The Bertz CT molecular complexity index is 1400. The molecule has 1 aliphatic rings. The van der Waals surface area contributed by atoms with Gasteiger partial charge in [0.1, 0.15) is 35.2 Å². The standard InChI is InChI=1S/C29H32FN3O5/c1-17-8-9-18(30)14-24(17)37-16-22-20(12-13-23-26(22)33(6)27(34)29(2,3)31-23)21-11-10-19(15-25(21)36-7)38-28(35)32(4)5/h8-15,31H,16H2,1-7H3. The van der Waals surface area contributed by atoms with Crippen LogP contribution in [-0.4, -0.2) is 50.7 Å². The van der Waals surface area contributed by atoms with E-state index in [0.29, 0.717) is 34.1 Å². The number of nitrogens with one attached hydrogen (secondary N) is 1. The van der Waals surface area contributed by atoms with Gasteiger partial charge in [0, 0.05) is 44.4 Å². The first-order valence-corrected chi connectivity index (χ1v) is 12.1. The minimum absolute atomic E-state index is 0.0586. The summed E-state index contributed by atoms with van der Waals surface area (Å²) in [4.78, 5) is 28.2. The number of anilines is 2. The number of carbonyl (C=O) groups excluding carboxylic acids is 2. The number of ether oxygens (including phenoxy) is 3. The van der Waals surface area contributed by atoms with Crippen molar-refractivity contribution in [1.29, 1.82) is 0 Å². The van der Waals surface area contributed by atoms with E-state index in [-0.39, 0.29) is 12.5 Å². The summed E-state index contributed by atoms with van der Waals surface area (Å²) < 4.78 is 31.2. The first-order chi connectivity index (χ1) is 17.9. The molecule has 8 nitrogen and oxygen atoms in total. The van der Waals surface area contributed by atoms with Gasteiger partial charge in [-0.15, -0.1) is 0 Å². The molecule has 38 heavy (non-hydrogen) atoms. The predicted octanol–water partition coefficient (Wildman–Crippen LogP) is 5.62. The summed E-state index contributed by atoms with van der Waals surface area (Å²) in [5.74, 6) is 0.690. The van der Waals surface area contributed by atoms with E-state index in [2.05, 4.69) is 5.32 Å². The van der Waals surface area contributed by atoms with E-state index in [0.717, 1.165) is 16.8 Å². The normalized spacial score (nSPS) is 13.9. The maximum absolute atomic E-state index is 14.0. The minimum atomic E-state index is -0.795. The van der Waals surface area contributed by atoms with Gasteiger partial charge in [0.05, 0.1) is 18.5 Å². The van der Waals surface area contributed by atoms with Crippen LogP contribution in [0.25, 0.3) is 11.1 Å². The molecule has 0 atom stereocenters. The van der Waals surface area contributed by atoms with Crippen LogP contribution in [0.15, 0.2) is 48.5 Å². The Morgan fingerprint density at radius 1 is 1.05 bits per heavy atom. The molecule has 0 saturated carbocycles. The minimum Gasteiger partial charge on any atom is -0.496 e. The lowest BCUT2D eigenvalue weighted by atomic mass is 9.91. The third-order valence-electron chi connectivity index (χ3n) is 6.46. The first kappa shape index (κ1) is 26.8. The molecule has 0 aromatic heterocycles. The topological polar surface area (TPSA) is 80.3 Å². The lowest BCUT2D eigenvalue weighted by molar-refractivity contribution is -0.121. The van der Waals surface area contributed by atoms with Crippen LogP contribution in [0.2, 0.25) is 0 Å². The van der Waals surface area contributed by atoms with Gasteiger partial charge in [-0.3, -0.25) is 4.79 Å². The van der Waals surface area contributed by atoms with Crippen LogP contribution in [0.3, 0.4) is 0 Å². The van der Waals surface area contributed by atoms with Gasteiger partial charge in [-0.05, 0) is 56.2 Å². The van der Waals surface area contributed by atoms with Crippen LogP contribution in [0.1, 0.15) is 25.0 Å². The number of aryl methyl sites for hydroxylation is 1. The molecule has 0 aliphatic carbocycles. The third-order valence-corrected chi connectivity index (χ3v) is 6.46. The molecule has 0 unspecified atom stereocenters. The number of hydrogen-bond donors (Lipinski definition) is 1. The Balaban J connectivity index is 1.85. The lowest BCUT2D eigenvalue weighted by Gasteiger charge is -2.39. The van der Waals surface area contributed by atoms with Crippen molar-refractivity contribution in [2.45, 2.75) is 32.9 Å². The summed E-state index contributed by atoms with van der Waals surface area (Å²) in [6.07, 6.45) is -0.512. The summed E-state index contributed by atoms with van der Waals surface area (Å²) in [6, 6.07) is 13.3. The van der Waals surface area contributed by atoms with Crippen LogP contribution in [-0.2, 0) is 11.4 Å². The van der Waals surface area contributed by atoms with Crippen LogP contribution in [0.4, 0.5) is 20.6 Å². The highest BCUT2D eigenvalue weighted by Crippen LogP contribution is 2.45. The van der Waals surface area contributed by atoms with Crippen molar-refractivity contribution in [3.63, 3.8) is 0 Å². The molecular formula is C29H32FN3O5. The molecule has 200 valence electrons. The fourth-order valence-electron chi connectivity index (χ4n) is 4.46. The Labute approximate surface area is 221 Å². The monoisotopic (exact) mass is 521 g/mol. The van der Waals surface area contributed by atoms with Gasteiger partial charge in [0.2, 0.25) is 0 Å². The number of rotatable bonds is 6. The van der Waals surface area contributed by atoms with Crippen molar-refractivity contribution < 1.29 is 28.2 Å². The number of halogens is 1. The van der Waals surface area contributed by atoms with Crippen LogP contribution in [0.5, 0.6) is 17.2 Å². The fraction of sp³-hybridized carbons (Fsp3) is 0.310.